The Labute approximate surface area is 201 Å². The van der Waals surface area contributed by atoms with Crippen LogP contribution in [0.1, 0.15) is 5.56 Å². The van der Waals surface area contributed by atoms with Crippen molar-refractivity contribution in [1.29, 1.82) is 0 Å². The van der Waals surface area contributed by atoms with Gasteiger partial charge in [-0.2, -0.15) is 9.40 Å². The lowest BCUT2D eigenvalue weighted by Crippen LogP contribution is -2.26. The molecule has 1 heterocycles. The zero-order valence-corrected chi connectivity index (χ0v) is 19.7. The van der Waals surface area contributed by atoms with Crippen LogP contribution in [-0.2, 0) is 16.6 Å². The molecule has 0 radical (unpaired) electrons. The van der Waals surface area contributed by atoms with Gasteiger partial charge in [0.2, 0.25) is 10.0 Å². The molecule has 7 nitrogen and oxygen atoms in total. The fourth-order valence-electron chi connectivity index (χ4n) is 3.44. The van der Waals surface area contributed by atoms with Crippen molar-refractivity contribution in [3.05, 3.63) is 88.5 Å². The van der Waals surface area contributed by atoms with Crippen LogP contribution < -0.4 is 0 Å². The predicted molar refractivity (Wildman–Crippen MR) is 127 cm³/mol. The Hall–Kier alpha value is -3.04. The molecule has 4 aromatic rings. The first kappa shape index (κ1) is 23.1. The monoisotopic (exact) mass is 503 g/mol. The minimum Gasteiger partial charge on any atom is -0.507 e. The zero-order valence-electron chi connectivity index (χ0n) is 17.4. The lowest BCUT2D eigenvalue weighted by atomic mass is 10.1. The van der Waals surface area contributed by atoms with Crippen molar-refractivity contribution >= 4 is 33.2 Å². The summed E-state index contributed by atoms with van der Waals surface area (Å²) >= 11 is 12.3. The average Bonchev–Trinajstić information content (AvgIpc) is 3.23. The fraction of sp³-hybridized carbons (Fsp3) is 0.0870. The number of hydrogen-bond acceptors (Lipinski definition) is 5. The number of rotatable bonds is 6. The molecular formula is C23H19Cl2N3O4S. The second-order valence-corrected chi connectivity index (χ2v) is 10.2. The normalized spacial score (nSPS) is 11.8. The molecule has 0 fully saturated rings. The highest BCUT2D eigenvalue weighted by Crippen LogP contribution is 2.39. The Bertz CT molecular complexity index is 1440. The van der Waals surface area contributed by atoms with Crippen LogP contribution >= 0.6 is 23.2 Å². The van der Waals surface area contributed by atoms with E-state index in [-0.39, 0.29) is 22.8 Å². The number of aromatic hydroxyl groups is 2. The van der Waals surface area contributed by atoms with Gasteiger partial charge in [0.15, 0.2) is 0 Å². The van der Waals surface area contributed by atoms with Crippen LogP contribution in [0.4, 0.5) is 0 Å². The molecule has 170 valence electrons. The van der Waals surface area contributed by atoms with E-state index >= 15 is 0 Å². The van der Waals surface area contributed by atoms with Crippen LogP contribution in [0.15, 0.2) is 77.8 Å². The van der Waals surface area contributed by atoms with Crippen LogP contribution in [-0.4, -0.2) is 39.8 Å². The summed E-state index contributed by atoms with van der Waals surface area (Å²) in [5, 5.41) is 26.1. The molecule has 0 atom stereocenters. The molecule has 0 saturated heterocycles. The van der Waals surface area contributed by atoms with E-state index in [9.17, 15) is 18.6 Å². The van der Waals surface area contributed by atoms with Gasteiger partial charge >= 0.3 is 0 Å². The third-order valence-corrected chi connectivity index (χ3v) is 7.45. The van der Waals surface area contributed by atoms with Crippen molar-refractivity contribution in [3.8, 4) is 28.4 Å². The van der Waals surface area contributed by atoms with E-state index in [1.807, 2.05) is 0 Å². The minimum atomic E-state index is -4.12. The van der Waals surface area contributed by atoms with Gasteiger partial charge in [0, 0.05) is 30.2 Å². The van der Waals surface area contributed by atoms with Gasteiger partial charge in [0.25, 0.3) is 0 Å². The van der Waals surface area contributed by atoms with Crippen molar-refractivity contribution in [1.82, 2.24) is 14.1 Å². The Morgan fingerprint density at radius 1 is 0.970 bits per heavy atom. The van der Waals surface area contributed by atoms with Gasteiger partial charge in [-0.05, 0) is 42.0 Å². The van der Waals surface area contributed by atoms with Crippen LogP contribution in [0, 0.1) is 0 Å². The number of phenols is 2. The molecule has 0 bridgehead atoms. The molecule has 33 heavy (non-hydrogen) atoms. The van der Waals surface area contributed by atoms with E-state index in [0.717, 1.165) is 10.4 Å². The molecule has 4 rings (SSSR count). The molecule has 0 aliphatic carbocycles. The third-order valence-electron chi connectivity index (χ3n) is 5.06. The first-order chi connectivity index (χ1) is 15.7. The van der Waals surface area contributed by atoms with Crippen molar-refractivity contribution in [2.75, 3.05) is 7.05 Å². The predicted octanol–water partition coefficient (Wildman–Crippen LogP) is 5.08. The van der Waals surface area contributed by atoms with Crippen LogP contribution in [0.3, 0.4) is 0 Å². The summed E-state index contributed by atoms with van der Waals surface area (Å²) < 4.78 is 29.2. The largest absolute Gasteiger partial charge is 0.507 e. The van der Waals surface area contributed by atoms with Gasteiger partial charge in [-0.25, -0.2) is 13.1 Å². The highest BCUT2D eigenvalue weighted by atomic mass is 35.5. The van der Waals surface area contributed by atoms with Gasteiger partial charge in [-0.1, -0.05) is 47.5 Å². The maximum Gasteiger partial charge on any atom is 0.246 e. The van der Waals surface area contributed by atoms with Crippen LogP contribution in [0.25, 0.3) is 16.9 Å². The fourth-order valence-corrected chi connectivity index (χ4v) is 5.11. The lowest BCUT2D eigenvalue weighted by Gasteiger charge is -2.19. The van der Waals surface area contributed by atoms with E-state index in [4.69, 9.17) is 23.2 Å². The first-order valence-electron chi connectivity index (χ1n) is 9.74. The third kappa shape index (κ3) is 4.56. The highest BCUT2D eigenvalue weighted by Gasteiger charge is 2.27. The number of aromatic nitrogens is 2. The Morgan fingerprint density at radius 3 is 2.45 bits per heavy atom. The van der Waals surface area contributed by atoms with Crippen molar-refractivity contribution in [2.24, 2.45) is 0 Å². The van der Waals surface area contributed by atoms with E-state index in [1.54, 1.807) is 54.6 Å². The zero-order chi connectivity index (χ0) is 23.8. The van der Waals surface area contributed by atoms with Gasteiger partial charge in [0.1, 0.15) is 16.4 Å². The number of para-hydroxylation sites is 1. The number of hydrogen-bond donors (Lipinski definition) is 2. The standard InChI is InChI=1S/C23H19Cl2N3O4S/c1-27(14-15-5-4-6-16(24)11-15)33(31,32)23-12-17(21(29)13-22(23)30)19-9-10-26-28(19)20-8-3-2-7-18(20)25/h2-13,29-30H,14H2,1H3. The van der Waals surface area contributed by atoms with E-state index in [1.165, 1.54) is 24.0 Å². The van der Waals surface area contributed by atoms with E-state index < -0.39 is 15.8 Å². The smallest absolute Gasteiger partial charge is 0.246 e. The van der Waals surface area contributed by atoms with Crippen molar-refractivity contribution in [2.45, 2.75) is 11.4 Å². The quantitative estimate of drug-likeness (QED) is 0.382. The highest BCUT2D eigenvalue weighted by molar-refractivity contribution is 7.89. The van der Waals surface area contributed by atoms with Gasteiger partial charge < -0.3 is 10.2 Å². The molecule has 10 heteroatoms. The molecule has 0 aliphatic heterocycles. The summed E-state index contributed by atoms with van der Waals surface area (Å²) in [6.45, 7) is 0.0378. The lowest BCUT2D eigenvalue weighted by molar-refractivity contribution is 0.430. The summed E-state index contributed by atoms with van der Waals surface area (Å²) in [6.07, 6.45) is 1.50. The Balaban J connectivity index is 1.78. The summed E-state index contributed by atoms with van der Waals surface area (Å²) in [6, 6.07) is 17.7. The molecule has 0 unspecified atom stereocenters. The number of benzene rings is 3. The van der Waals surface area contributed by atoms with Gasteiger partial charge in [-0.3, -0.25) is 0 Å². The molecular weight excluding hydrogens is 485 g/mol. The number of nitrogens with zero attached hydrogens (tertiary/aromatic N) is 3. The second-order valence-electron chi connectivity index (χ2n) is 7.31. The average molecular weight is 504 g/mol. The molecule has 1 aromatic heterocycles. The minimum absolute atomic E-state index is 0.0378. The first-order valence-corrected chi connectivity index (χ1v) is 11.9. The summed E-state index contributed by atoms with van der Waals surface area (Å²) in [5.74, 6) is -0.879. The molecule has 2 N–H and O–H groups in total. The second kappa shape index (κ2) is 9.07. The molecule has 3 aromatic carbocycles. The number of phenolic OH excluding ortho intramolecular Hbond substituents is 2. The Kier molecular flexibility index (Phi) is 6.36. The summed E-state index contributed by atoms with van der Waals surface area (Å²) in [7, 11) is -2.72. The maximum absolute atomic E-state index is 13.3. The summed E-state index contributed by atoms with van der Waals surface area (Å²) in [4.78, 5) is -0.355. The van der Waals surface area contributed by atoms with Gasteiger partial charge in [0.05, 0.1) is 22.6 Å². The number of sulfonamides is 1. The maximum atomic E-state index is 13.3. The van der Waals surface area contributed by atoms with Crippen LogP contribution in [0.2, 0.25) is 10.0 Å². The van der Waals surface area contributed by atoms with E-state index in [0.29, 0.717) is 27.0 Å². The molecule has 0 spiro atoms. The molecule has 0 amide bonds. The van der Waals surface area contributed by atoms with Crippen LogP contribution in [0.5, 0.6) is 11.5 Å². The van der Waals surface area contributed by atoms with Crippen molar-refractivity contribution in [3.63, 3.8) is 0 Å². The molecule has 0 saturated carbocycles. The molecule has 0 aliphatic rings. The number of halogens is 2. The van der Waals surface area contributed by atoms with Crippen molar-refractivity contribution < 1.29 is 18.6 Å². The SMILES string of the molecule is CN(Cc1cccc(Cl)c1)S(=O)(=O)c1cc(-c2ccnn2-c2ccccc2Cl)c(O)cc1O. The Morgan fingerprint density at radius 2 is 1.73 bits per heavy atom. The summed E-state index contributed by atoms with van der Waals surface area (Å²) in [5.41, 5.74) is 1.80. The van der Waals surface area contributed by atoms with Gasteiger partial charge in [-0.15, -0.1) is 0 Å². The van der Waals surface area contributed by atoms with E-state index in [2.05, 4.69) is 5.10 Å². The topological polar surface area (TPSA) is 95.7 Å².